The van der Waals surface area contributed by atoms with Crippen LogP contribution in [0.3, 0.4) is 0 Å². The van der Waals surface area contributed by atoms with Gasteiger partial charge in [-0.15, -0.1) is 0 Å². The van der Waals surface area contributed by atoms with Gasteiger partial charge in [0.2, 0.25) is 0 Å². The minimum atomic E-state index is -0.522. The molecule has 2 atom stereocenters. The summed E-state index contributed by atoms with van der Waals surface area (Å²) in [6.07, 6.45) is 1.24. The summed E-state index contributed by atoms with van der Waals surface area (Å²) in [4.78, 5) is 4.31. The summed E-state index contributed by atoms with van der Waals surface area (Å²) in [5.41, 5.74) is 3.09. The Morgan fingerprint density at radius 2 is 1.94 bits per heavy atom. The SMILES string of the molecule is Cc1cccc(C(O)C(C)c2ccccn2)c1I. The van der Waals surface area contributed by atoms with E-state index in [1.54, 1.807) is 6.20 Å². The quantitative estimate of drug-likeness (QED) is 0.851. The van der Waals surface area contributed by atoms with Gasteiger partial charge in [-0.25, -0.2) is 0 Å². The zero-order valence-electron chi connectivity index (χ0n) is 10.5. The first-order valence-electron chi connectivity index (χ1n) is 5.95. The van der Waals surface area contributed by atoms with Gasteiger partial charge in [-0.05, 0) is 52.8 Å². The van der Waals surface area contributed by atoms with E-state index in [0.29, 0.717) is 0 Å². The molecular formula is C15H16INO. The lowest BCUT2D eigenvalue weighted by Gasteiger charge is -2.20. The van der Waals surface area contributed by atoms with Crippen molar-refractivity contribution in [1.29, 1.82) is 0 Å². The molecule has 0 amide bonds. The van der Waals surface area contributed by atoms with Gasteiger partial charge in [0.05, 0.1) is 6.10 Å². The van der Waals surface area contributed by atoms with Gasteiger partial charge < -0.3 is 5.11 Å². The van der Waals surface area contributed by atoms with E-state index in [4.69, 9.17) is 0 Å². The van der Waals surface area contributed by atoms with Gasteiger partial charge in [-0.1, -0.05) is 31.2 Å². The molecule has 0 spiro atoms. The number of aliphatic hydroxyl groups is 1. The Labute approximate surface area is 121 Å². The Kier molecular flexibility index (Phi) is 4.35. The van der Waals surface area contributed by atoms with E-state index in [1.165, 1.54) is 5.56 Å². The van der Waals surface area contributed by atoms with Crippen molar-refractivity contribution in [3.63, 3.8) is 0 Å². The highest BCUT2D eigenvalue weighted by atomic mass is 127. The lowest BCUT2D eigenvalue weighted by Crippen LogP contribution is -2.11. The second-order valence-corrected chi connectivity index (χ2v) is 5.54. The Bertz CT molecular complexity index is 527. The average molecular weight is 353 g/mol. The van der Waals surface area contributed by atoms with Crippen LogP contribution in [0, 0.1) is 10.5 Å². The van der Waals surface area contributed by atoms with Gasteiger partial charge in [0.25, 0.3) is 0 Å². The van der Waals surface area contributed by atoms with E-state index in [0.717, 1.165) is 14.8 Å². The fourth-order valence-electron chi connectivity index (χ4n) is 1.97. The van der Waals surface area contributed by atoms with Crippen molar-refractivity contribution >= 4 is 22.6 Å². The van der Waals surface area contributed by atoms with Gasteiger partial charge >= 0.3 is 0 Å². The molecule has 0 bridgehead atoms. The predicted octanol–water partition coefficient (Wildman–Crippen LogP) is 3.83. The molecular weight excluding hydrogens is 337 g/mol. The van der Waals surface area contributed by atoms with E-state index in [1.807, 2.05) is 37.3 Å². The fraction of sp³-hybridized carbons (Fsp3) is 0.267. The van der Waals surface area contributed by atoms with Crippen molar-refractivity contribution in [2.75, 3.05) is 0 Å². The number of aryl methyl sites for hydroxylation is 1. The number of rotatable bonds is 3. The minimum absolute atomic E-state index is 0.0125. The molecule has 1 aromatic heterocycles. The van der Waals surface area contributed by atoms with Crippen LogP contribution < -0.4 is 0 Å². The van der Waals surface area contributed by atoms with Crippen molar-refractivity contribution in [3.8, 4) is 0 Å². The molecule has 94 valence electrons. The Hall–Kier alpha value is -0.940. The van der Waals surface area contributed by atoms with Gasteiger partial charge in [0.15, 0.2) is 0 Å². The van der Waals surface area contributed by atoms with Gasteiger partial charge in [-0.2, -0.15) is 0 Å². The van der Waals surface area contributed by atoms with Crippen molar-refractivity contribution in [1.82, 2.24) is 4.98 Å². The minimum Gasteiger partial charge on any atom is -0.388 e. The fourth-order valence-corrected chi connectivity index (χ4v) is 2.65. The molecule has 1 aromatic carbocycles. The summed E-state index contributed by atoms with van der Waals surface area (Å²) in [5.74, 6) is -0.0125. The highest BCUT2D eigenvalue weighted by Gasteiger charge is 2.21. The summed E-state index contributed by atoms with van der Waals surface area (Å²) in [7, 11) is 0. The molecule has 2 rings (SSSR count). The van der Waals surface area contributed by atoms with Crippen molar-refractivity contribution in [2.24, 2.45) is 0 Å². The van der Waals surface area contributed by atoms with Crippen LogP contribution in [0.2, 0.25) is 0 Å². The van der Waals surface area contributed by atoms with Crippen LogP contribution in [0.5, 0.6) is 0 Å². The summed E-state index contributed by atoms with van der Waals surface area (Å²) < 4.78 is 1.13. The number of pyridine rings is 1. The van der Waals surface area contributed by atoms with Crippen molar-refractivity contribution < 1.29 is 5.11 Å². The van der Waals surface area contributed by atoms with Crippen LogP contribution >= 0.6 is 22.6 Å². The summed E-state index contributed by atoms with van der Waals surface area (Å²) in [6, 6.07) is 11.8. The summed E-state index contributed by atoms with van der Waals surface area (Å²) >= 11 is 2.29. The van der Waals surface area contributed by atoms with Crippen LogP contribution in [0.4, 0.5) is 0 Å². The molecule has 0 radical (unpaired) electrons. The maximum atomic E-state index is 10.5. The zero-order chi connectivity index (χ0) is 13.1. The molecule has 2 unspecified atom stereocenters. The maximum Gasteiger partial charge on any atom is 0.0881 e. The largest absolute Gasteiger partial charge is 0.388 e. The lowest BCUT2D eigenvalue weighted by molar-refractivity contribution is 0.149. The Balaban J connectivity index is 2.31. The molecule has 0 aliphatic carbocycles. The number of benzene rings is 1. The summed E-state index contributed by atoms with van der Waals surface area (Å²) in [6.45, 7) is 4.06. The molecule has 1 N–H and O–H groups in total. The Morgan fingerprint density at radius 1 is 1.17 bits per heavy atom. The highest BCUT2D eigenvalue weighted by molar-refractivity contribution is 14.1. The second kappa shape index (κ2) is 5.80. The molecule has 18 heavy (non-hydrogen) atoms. The first kappa shape index (κ1) is 13.5. The highest BCUT2D eigenvalue weighted by Crippen LogP contribution is 2.32. The number of halogens is 1. The Morgan fingerprint density at radius 3 is 2.61 bits per heavy atom. The number of aromatic nitrogens is 1. The van der Waals surface area contributed by atoms with Gasteiger partial charge in [0.1, 0.15) is 0 Å². The van der Waals surface area contributed by atoms with E-state index in [2.05, 4.69) is 40.6 Å². The molecule has 2 nitrogen and oxygen atoms in total. The molecule has 2 aromatic rings. The third kappa shape index (κ3) is 2.72. The van der Waals surface area contributed by atoms with Crippen LogP contribution in [0.1, 0.15) is 35.8 Å². The van der Waals surface area contributed by atoms with Crippen LogP contribution in [-0.2, 0) is 0 Å². The molecule has 3 heteroatoms. The molecule has 0 saturated heterocycles. The zero-order valence-corrected chi connectivity index (χ0v) is 12.6. The standard InChI is InChI=1S/C15H16INO/c1-10-6-5-7-12(14(10)16)15(18)11(2)13-8-3-4-9-17-13/h3-9,11,15,18H,1-2H3. The van der Waals surface area contributed by atoms with Crippen molar-refractivity contribution in [2.45, 2.75) is 25.9 Å². The lowest BCUT2D eigenvalue weighted by atomic mass is 9.93. The monoisotopic (exact) mass is 353 g/mol. The third-order valence-corrected chi connectivity index (χ3v) is 4.64. The summed E-state index contributed by atoms with van der Waals surface area (Å²) in [5, 5.41) is 10.5. The third-order valence-electron chi connectivity index (χ3n) is 3.17. The van der Waals surface area contributed by atoms with Crippen LogP contribution in [0.15, 0.2) is 42.6 Å². The first-order chi connectivity index (χ1) is 8.61. The number of nitrogens with zero attached hydrogens (tertiary/aromatic N) is 1. The molecule has 0 aliphatic heterocycles. The average Bonchev–Trinajstić information content (AvgIpc) is 2.41. The molecule has 0 fully saturated rings. The maximum absolute atomic E-state index is 10.5. The molecule has 0 aliphatic rings. The van der Waals surface area contributed by atoms with E-state index in [-0.39, 0.29) is 5.92 Å². The second-order valence-electron chi connectivity index (χ2n) is 4.47. The van der Waals surface area contributed by atoms with Crippen LogP contribution in [-0.4, -0.2) is 10.1 Å². The van der Waals surface area contributed by atoms with E-state index < -0.39 is 6.10 Å². The van der Waals surface area contributed by atoms with E-state index in [9.17, 15) is 5.11 Å². The van der Waals surface area contributed by atoms with Crippen molar-refractivity contribution in [3.05, 3.63) is 63.0 Å². The van der Waals surface area contributed by atoms with E-state index >= 15 is 0 Å². The molecule has 1 heterocycles. The number of hydrogen-bond acceptors (Lipinski definition) is 2. The topological polar surface area (TPSA) is 33.1 Å². The predicted molar refractivity (Wildman–Crippen MR) is 81.5 cm³/mol. The van der Waals surface area contributed by atoms with Crippen LogP contribution in [0.25, 0.3) is 0 Å². The normalized spacial score (nSPS) is 14.2. The number of hydrogen-bond donors (Lipinski definition) is 1. The van der Waals surface area contributed by atoms with Gasteiger partial charge in [-0.3, -0.25) is 4.98 Å². The molecule has 0 saturated carbocycles. The van der Waals surface area contributed by atoms with Gasteiger partial charge in [0, 0.05) is 21.4 Å². The smallest absolute Gasteiger partial charge is 0.0881 e. The first-order valence-corrected chi connectivity index (χ1v) is 7.03. The number of aliphatic hydroxyl groups excluding tert-OH is 1.